The number of ether oxygens (including phenoxy) is 2. The molecule has 0 aromatic heterocycles. The van der Waals surface area contributed by atoms with Gasteiger partial charge in [0.25, 0.3) is 15.9 Å². The largest absolute Gasteiger partial charge is 0.487 e. The second-order valence-corrected chi connectivity index (χ2v) is 13.5. The zero-order chi connectivity index (χ0) is 28.5. The highest BCUT2D eigenvalue weighted by atomic mass is 35.5. The van der Waals surface area contributed by atoms with Crippen molar-refractivity contribution in [1.29, 1.82) is 0 Å². The number of carbonyl (C=O) groups is 1. The molecular weight excluding hydrogens is 552 g/mol. The van der Waals surface area contributed by atoms with Gasteiger partial charge in [-0.2, -0.15) is 0 Å². The molecule has 1 aliphatic carbocycles. The summed E-state index contributed by atoms with van der Waals surface area (Å²) in [4.78, 5) is 15.1. The van der Waals surface area contributed by atoms with Crippen molar-refractivity contribution >= 4 is 33.2 Å². The zero-order valence-corrected chi connectivity index (χ0v) is 24.5. The molecule has 2 aliphatic heterocycles. The molecule has 10 heteroatoms. The molecule has 1 saturated carbocycles. The number of aliphatic hydroxyl groups is 1. The standard InChI is InChI=1S/C30H37ClN2O6S/c1-30(2)29(35)32-40(36,37)24-11-13-28-26(17-24)33(18-21-9-12-25(21)27(34)7-5-15-39-30)14-4-3-6-20-16-23(31)10-8-22(20)19-38-28/h5,7-8,10-11,13,16-17,21,25,27,34H,3-4,6,9,12,14-15,18-19H2,1-2H3,(H,32,35)/b7-5+/t21-,25+,27-/m0/s1. The number of nitrogens with zero attached hydrogens (tertiary/aromatic N) is 1. The van der Waals surface area contributed by atoms with Gasteiger partial charge in [0.1, 0.15) is 18.0 Å². The van der Waals surface area contributed by atoms with E-state index in [0.29, 0.717) is 36.2 Å². The number of halogens is 1. The summed E-state index contributed by atoms with van der Waals surface area (Å²) in [5.74, 6) is 0.113. The molecule has 2 heterocycles. The number of sulfonamides is 1. The van der Waals surface area contributed by atoms with Crippen molar-refractivity contribution in [2.45, 2.75) is 69.2 Å². The van der Waals surface area contributed by atoms with Crippen LogP contribution in [0, 0.1) is 11.8 Å². The third kappa shape index (κ3) is 6.33. The summed E-state index contributed by atoms with van der Waals surface area (Å²) < 4.78 is 40.9. The van der Waals surface area contributed by atoms with Crippen LogP contribution in [-0.4, -0.2) is 50.8 Å². The highest BCUT2D eigenvalue weighted by Gasteiger charge is 2.37. The monoisotopic (exact) mass is 588 g/mol. The minimum Gasteiger partial charge on any atom is -0.487 e. The topological polar surface area (TPSA) is 105 Å². The number of nitrogens with one attached hydrogen (secondary N) is 1. The molecule has 0 radical (unpaired) electrons. The molecule has 2 aromatic carbocycles. The van der Waals surface area contributed by atoms with Crippen molar-refractivity contribution < 1.29 is 27.8 Å². The van der Waals surface area contributed by atoms with Gasteiger partial charge in [-0.25, -0.2) is 13.1 Å². The predicted molar refractivity (Wildman–Crippen MR) is 154 cm³/mol. The summed E-state index contributed by atoms with van der Waals surface area (Å²) in [7, 11) is -4.18. The van der Waals surface area contributed by atoms with Gasteiger partial charge in [-0.15, -0.1) is 0 Å². The molecule has 8 nitrogen and oxygen atoms in total. The van der Waals surface area contributed by atoms with Crippen LogP contribution in [0.15, 0.2) is 53.4 Å². The highest BCUT2D eigenvalue weighted by Crippen LogP contribution is 2.41. The van der Waals surface area contributed by atoms with E-state index < -0.39 is 27.6 Å². The van der Waals surface area contributed by atoms with Gasteiger partial charge >= 0.3 is 0 Å². The quantitative estimate of drug-likeness (QED) is 0.433. The summed E-state index contributed by atoms with van der Waals surface area (Å²) in [6.45, 7) is 4.78. The van der Waals surface area contributed by atoms with Gasteiger partial charge in [-0.1, -0.05) is 29.8 Å². The van der Waals surface area contributed by atoms with E-state index in [1.54, 1.807) is 24.3 Å². The SMILES string of the molecule is CC1(C)OC/C=C/[C@H](O)[C@@H]2CC[C@H]2CN2CCCCc3cc(Cl)ccc3COc3ccc(cc32)S(=O)(=O)NC1=O. The Kier molecular flexibility index (Phi) is 8.47. The van der Waals surface area contributed by atoms with Crippen LogP contribution >= 0.6 is 11.6 Å². The first-order chi connectivity index (χ1) is 19.0. The smallest absolute Gasteiger partial charge is 0.265 e. The van der Waals surface area contributed by atoms with Gasteiger partial charge in [0, 0.05) is 18.1 Å². The first-order valence-electron chi connectivity index (χ1n) is 13.9. The van der Waals surface area contributed by atoms with Gasteiger partial charge in [-0.05, 0) is 99.2 Å². The van der Waals surface area contributed by atoms with Crippen LogP contribution in [0.3, 0.4) is 0 Å². The van der Waals surface area contributed by atoms with Crippen molar-refractivity contribution in [1.82, 2.24) is 4.72 Å². The molecule has 1 fully saturated rings. The average Bonchev–Trinajstić information content (AvgIpc) is 2.91. The van der Waals surface area contributed by atoms with Gasteiger partial charge < -0.3 is 19.5 Å². The molecule has 0 unspecified atom stereocenters. The van der Waals surface area contributed by atoms with Crippen LogP contribution in [0.5, 0.6) is 5.75 Å². The minimum absolute atomic E-state index is 0.0248. The van der Waals surface area contributed by atoms with Crippen LogP contribution in [0.1, 0.15) is 50.7 Å². The van der Waals surface area contributed by atoms with Gasteiger partial charge in [-0.3, -0.25) is 4.79 Å². The van der Waals surface area contributed by atoms with E-state index in [2.05, 4.69) is 9.62 Å². The Balaban J connectivity index is 1.56. The number of aliphatic hydroxyl groups excluding tert-OH is 1. The number of hydrogen-bond donors (Lipinski definition) is 2. The fourth-order valence-corrected chi connectivity index (χ4v) is 6.92. The fourth-order valence-electron chi connectivity index (χ4n) is 5.60. The number of amides is 1. The molecular formula is C30H37ClN2O6S. The second kappa shape index (κ2) is 11.7. The van der Waals surface area contributed by atoms with Crippen molar-refractivity contribution in [2.24, 2.45) is 11.8 Å². The Bertz CT molecular complexity index is 1390. The number of aryl methyl sites for hydroxylation is 1. The van der Waals surface area contributed by atoms with Crippen LogP contribution < -0.4 is 14.4 Å². The molecule has 2 N–H and O–H groups in total. The first-order valence-corrected chi connectivity index (χ1v) is 15.7. The normalized spacial score (nSPS) is 27.4. The molecule has 3 aliphatic rings. The van der Waals surface area contributed by atoms with E-state index in [4.69, 9.17) is 21.1 Å². The van der Waals surface area contributed by atoms with E-state index >= 15 is 0 Å². The molecule has 2 bridgehead atoms. The molecule has 5 rings (SSSR count). The molecule has 0 spiro atoms. The van der Waals surface area contributed by atoms with Crippen LogP contribution in [-0.2, 0) is 32.6 Å². The Morgan fingerprint density at radius 2 is 1.93 bits per heavy atom. The van der Waals surface area contributed by atoms with E-state index in [9.17, 15) is 18.3 Å². The number of hydrogen-bond acceptors (Lipinski definition) is 7. The maximum absolute atomic E-state index is 13.4. The molecule has 216 valence electrons. The van der Waals surface area contributed by atoms with E-state index in [1.165, 1.54) is 19.9 Å². The number of fused-ring (bicyclic) bond motifs is 3. The Labute approximate surface area is 241 Å². The third-order valence-corrected chi connectivity index (χ3v) is 9.84. The number of rotatable bonds is 0. The molecule has 1 amide bonds. The minimum atomic E-state index is -4.18. The lowest BCUT2D eigenvalue weighted by Gasteiger charge is -2.42. The second-order valence-electron chi connectivity index (χ2n) is 11.4. The third-order valence-electron chi connectivity index (χ3n) is 8.27. The molecule has 40 heavy (non-hydrogen) atoms. The molecule has 3 atom stereocenters. The predicted octanol–water partition coefficient (Wildman–Crippen LogP) is 4.62. The summed E-state index contributed by atoms with van der Waals surface area (Å²) in [6, 6.07) is 10.5. The Morgan fingerprint density at radius 3 is 2.70 bits per heavy atom. The van der Waals surface area contributed by atoms with E-state index in [0.717, 1.165) is 43.2 Å². The van der Waals surface area contributed by atoms with E-state index in [1.807, 2.05) is 18.2 Å². The maximum atomic E-state index is 13.4. The highest BCUT2D eigenvalue weighted by molar-refractivity contribution is 7.90. The van der Waals surface area contributed by atoms with E-state index in [-0.39, 0.29) is 23.3 Å². The van der Waals surface area contributed by atoms with Crippen molar-refractivity contribution in [3.63, 3.8) is 0 Å². The number of carbonyl (C=O) groups excluding carboxylic acids is 1. The zero-order valence-electron chi connectivity index (χ0n) is 22.9. The lowest BCUT2D eigenvalue weighted by molar-refractivity contribution is -0.139. The lowest BCUT2D eigenvalue weighted by atomic mass is 9.70. The number of benzene rings is 2. The van der Waals surface area contributed by atoms with Crippen LogP contribution in [0.2, 0.25) is 5.02 Å². The lowest BCUT2D eigenvalue weighted by Crippen LogP contribution is -2.47. The van der Waals surface area contributed by atoms with Crippen molar-refractivity contribution in [3.05, 3.63) is 64.7 Å². The summed E-state index contributed by atoms with van der Waals surface area (Å²) in [5, 5.41) is 11.6. The Morgan fingerprint density at radius 1 is 1.10 bits per heavy atom. The average molecular weight is 589 g/mol. The summed E-state index contributed by atoms with van der Waals surface area (Å²) >= 11 is 6.28. The maximum Gasteiger partial charge on any atom is 0.265 e. The molecule has 0 saturated heterocycles. The molecule has 2 aromatic rings. The number of anilines is 1. The fraction of sp³-hybridized carbons (Fsp3) is 0.500. The van der Waals surface area contributed by atoms with Crippen molar-refractivity contribution in [3.8, 4) is 5.75 Å². The van der Waals surface area contributed by atoms with Crippen LogP contribution in [0.4, 0.5) is 5.69 Å². The summed E-state index contributed by atoms with van der Waals surface area (Å²) in [5.41, 5.74) is 1.44. The Hall–Kier alpha value is -2.59. The van der Waals surface area contributed by atoms with Crippen LogP contribution in [0.25, 0.3) is 0 Å². The first kappa shape index (κ1) is 28.9. The van der Waals surface area contributed by atoms with Gasteiger partial charge in [0.05, 0.1) is 23.3 Å². The van der Waals surface area contributed by atoms with Gasteiger partial charge in [0.2, 0.25) is 0 Å². The summed E-state index contributed by atoms with van der Waals surface area (Å²) in [6.07, 6.45) is 7.35. The van der Waals surface area contributed by atoms with Gasteiger partial charge in [0.15, 0.2) is 0 Å². The van der Waals surface area contributed by atoms with Crippen molar-refractivity contribution in [2.75, 3.05) is 24.6 Å².